The number of hydrogen-bond acceptors (Lipinski definition) is 3. The quantitative estimate of drug-likeness (QED) is 0.599. The van der Waals surface area contributed by atoms with Gasteiger partial charge in [0.1, 0.15) is 6.54 Å². The molecule has 0 N–H and O–H groups in total. The Hall–Kier alpha value is -2.50. The molecule has 6 heteroatoms. The molecule has 0 saturated carbocycles. The van der Waals surface area contributed by atoms with Gasteiger partial charge in [-0.25, -0.2) is 8.78 Å². The number of benzene rings is 1. The van der Waals surface area contributed by atoms with Crippen molar-refractivity contribution in [1.82, 2.24) is 4.57 Å². The molecule has 1 aromatic carbocycles. The molecule has 0 amide bonds. The summed E-state index contributed by atoms with van der Waals surface area (Å²) in [5.41, 5.74) is 0.0462. The van der Waals surface area contributed by atoms with E-state index in [1.807, 2.05) is 6.92 Å². The standard InChI is InChI=1S/C18H19F2NO3/c1-4-11(5-2)14-9-21(10-17(22)24-6-3)18(23)13-8-16(20)15(19)7-12(13)14/h4,7-9,11H,1,5-6,10H2,2-3H3. The summed E-state index contributed by atoms with van der Waals surface area (Å²) in [5.74, 6) is -2.86. The summed E-state index contributed by atoms with van der Waals surface area (Å²) < 4.78 is 33.3. The Morgan fingerprint density at radius 1 is 1.29 bits per heavy atom. The number of carbonyl (C=O) groups excluding carboxylic acids is 1. The molecular weight excluding hydrogens is 316 g/mol. The van der Waals surface area contributed by atoms with Crippen LogP contribution >= 0.6 is 0 Å². The van der Waals surface area contributed by atoms with Gasteiger partial charge in [0.15, 0.2) is 11.6 Å². The van der Waals surface area contributed by atoms with Crippen molar-refractivity contribution < 1.29 is 18.3 Å². The van der Waals surface area contributed by atoms with Crippen molar-refractivity contribution in [2.75, 3.05) is 6.61 Å². The third kappa shape index (κ3) is 3.37. The average Bonchev–Trinajstić information content (AvgIpc) is 2.54. The molecule has 0 spiro atoms. The number of hydrogen-bond donors (Lipinski definition) is 0. The van der Waals surface area contributed by atoms with E-state index < -0.39 is 23.2 Å². The highest BCUT2D eigenvalue weighted by Crippen LogP contribution is 2.28. The van der Waals surface area contributed by atoms with Crippen LogP contribution in [0.3, 0.4) is 0 Å². The maximum atomic E-state index is 13.7. The number of ether oxygens (including phenoxy) is 1. The molecule has 0 aliphatic carbocycles. The van der Waals surface area contributed by atoms with Crippen LogP contribution in [0.15, 0.2) is 35.8 Å². The zero-order chi connectivity index (χ0) is 17.9. The summed E-state index contributed by atoms with van der Waals surface area (Å²) in [4.78, 5) is 24.2. The van der Waals surface area contributed by atoms with Gasteiger partial charge in [0, 0.05) is 12.1 Å². The maximum absolute atomic E-state index is 13.7. The van der Waals surface area contributed by atoms with Gasteiger partial charge in [-0.05, 0) is 36.4 Å². The molecule has 2 aromatic rings. The molecule has 1 aromatic heterocycles. The van der Waals surface area contributed by atoms with Crippen molar-refractivity contribution in [2.24, 2.45) is 0 Å². The van der Waals surface area contributed by atoms with Gasteiger partial charge in [-0.15, -0.1) is 6.58 Å². The third-order valence-corrected chi connectivity index (χ3v) is 3.89. The van der Waals surface area contributed by atoms with E-state index in [2.05, 4.69) is 6.58 Å². The fraction of sp³-hybridized carbons (Fsp3) is 0.333. The van der Waals surface area contributed by atoms with E-state index in [-0.39, 0.29) is 24.5 Å². The molecule has 1 atom stereocenters. The zero-order valence-corrected chi connectivity index (χ0v) is 13.6. The van der Waals surface area contributed by atoms with Crippen LogP contribution in [0.1, 0.15) is 31.7 Å². The molecule has 0 fully saturated rings. The highest BCUT2D eigenvalue weighted by Gasteiger charge is 2.18. The summed E-state index contributed by atoms with van der Waals surface area (Å²) >= 11 is 0. The van der Waals surface area contributed by atoms with E-state index in [0.29, 0.717) is 17.4 Å². The highest BCUT2D eigenvalue weighted by molar-refractivity contribution is 5.86. The lowest BCUT2D eigenvalue weighted by Crippen LogP contribution is -2.26. The molecule has 24 heavy (non-hydrogen) atoms. The highest BCUT2D eigenvalue weighted by atomic mass is 19.2. The van der Waals surface area contributed by atoms with E-state index >= 15 is 0 Å². The Bertz CT molecular complexity index is 842. The minimum Gasteiger partial charge on any atom is -0.465 e. The second-order valence-electron chi connectivity index (χ2n) is 5.38. The van der Waals surface area contributed by atoms with E-state index in [1.165, 1.54) is 10.8 Å². The number of nitrogens with zero attached hydrogens (tertiary/aromatic N) is 1. The first kappa shape index (κ1) is 17.8. The smallest absolute Gasteiger partial charge is 0.326 e. The Labute approximate surface area is 138 Å². The second kappa shape index (κ2) is 7.38. The molecular formula is C18H19F2NO3. The van der Waals surface area contributed by atoms with Crippen LogP contribution < -0.4 is 5.56 Å². The topological polar surface area (TPSA) is 48.3 Å². The predicted octanol–water partition coefficient (Wildman–Crippen LogP) is 3.52. The van der Waals surface area contributed by atoms with Crippen LogP contribution in [-0.2, 0) is 16.1 Å². The Balaban J connectivity index is 2.74. The number of rotatable bonds is 6. The van der Waals surface area contributed by atoms with Crippen LogP contribution in [0.4, 0.5) is 8.78 Å². The molecule has 0 radical (unpaired) electrons. The first-order valence-corrected chi connectivity index (χ1v) is 7.73. The minimum atomic E-state index is -1.11. The Kier molecular flexibility index (Phi) is 5.49. The molecule has 0 saturated heterocycles. The van der Waals surface area contributed by atoms with E-state index in [9.17, 15) is 18.4 Å². The van der Waals surface area contributed by atoms with Gasteiger partial charge in [-0.3, -0.25) is 9.59 Å². The van der Waals surface area contributed by atoms with Crippen LogP contribution in [0.25, 0.3) is 10.8 Å². The maximum Gasteiger partial charge on any atom is 0.326 e. The average molecular weight is 335 g/mol. The molecule has 0 aliphatic rings. The molecule has 1 heterocycles. The van der Waals surface area contributed by atoms with Gasteiger partial charge >= 0.3 is 5.97 Å². The number of esters is 1. The molecule has 4 nitrogen and oxygen atoms in total. The van der Waals surface area contributed by atoms with E-state index in [0.717, 1.165) is 12.1 Å². The number of aromatic nitrogens is 1. The Morgan fingerprint density at radius 2 is 1.92 bits per heavy atom. The summed E-state index contributed by atoms with van der Waals surface area (Å²) in [7, 11) is 0. The van der Waals surface area contributed by atoms with E-state index in [1.54, 1.807) is 13.0 Å². The second-order valence-corrected chi connectivity index (χ2v) is 5.38. The molecule has 128 valence electrons. The van der Waals surface area contributed by atoms with Gasteiger partial charge in [0.2, 0.25) is 0 Å². The lowest BCUT2D eigenvalue weighted by Gasteiger charge is -2.17. The first-order valence-electron chi connectivity index (χ1n) is 7.73. The molecule has 2 rings (SSSR count). The largest absolute Gasteiger partial charge is 0.465 e. The SMILES string of the molecule is C=CC(CC)c1cn(CC(=O)OCC)c(=O)c2cc(F)c(F)cc12. The van der Waals surface area contributed by atoms with Crippen molar-refractivity contribution >= 4 is 16.7 Å². The number of halogens is 2. The number of pyridine rings is 1. The van der Waals surface area contributed by atoms with Gasteiger partial charge < -0.3 is 9.30 Å². The van der Waals surface area contributed by atoms with Gasteiger partial charge in [0.05, 0.1) is 12.0 Å². The number of allylic oxidation sites excluding steroid dienone is 1. The van der Waals surface area contributed by atoms with Gasteiger partial charge in [0.25, 0.3) is 5.56 Å². The fourth-order valence-electron chi connectivity index (χ4n) is 2.69. The molecule has 1 unspecified atom stereocenters. The van der Waals surface area contributed by atoms with Crippen LogP contribution in [0, 0.1) is 11.6 Å². The van der Waals surface area contributed by atoms with Gasteiger partial charge in [-0.2, -0.15) is 0 Å². The van der Waals surface area contributed by atoms with Crippen LogP contribution in [-0.4, -0.2) is 17.1 Å². The fourth-order valence-corrected chi connectivity index (χ4v) is 2.69. The predicted molar refractivity (Wildman–Crippen MR) is 88.0 cm³/mol. The minimum absolute atomic E-state index is 0.0241. The third-order valence-electron chi connectivity index (χ3n) is 3.89. The Morgan fingerprint density at radius 3 is 2.46 bits per heavy atom. The van der Waals surface area contributed by atoms with E-state index in [4.69, 9.17) is 4.74 Å². The number of carbonyl (C=O) groups is 1. The monoisotopic (exact) mass is 335 g/mol. The normalized spacial score (nSPS) is 12.2. The van der Waals surface area contributed by atoms with Crippen LogP contribution in [0.5, 0.6) is 0 Å². The van der Waals surface area contributed by atoms with Crippen molar-refractivity contribution in [3.8, 4) is 0 Å². The lowest BCUT2D eigenvalue weighted by molar-refractivity contribution is -0.143. The summed E-state index contributed by atoms with van der Waals surface area (Å²) in [5, 5.41) is 0.349. The van der Waals surface area contributed by atoms with Crippen molar-refractivity contribution in [2.45, 2.75) is 32.7 Å². The van der Waals surface area contributed by atoms with Crippen LogP contribution in [0.2, 0.25) is 0 Å². The summed E-state index contributed by atoms with van der Waals surface area (Å²) in [6.07, 6.45) is 3.83. The zero-order valence-electron chi connectivity index (χ0n) is 13.6. The number of fused-ring (bicyclic) bond motifs is 1. The van der Waals surface area contributed by atoms with Crippen molar-refractivity contribution in [3.05, 3.63) is 58.5 Å². The molecule has 0 aliphatic heterocycles. The first-order chi connectivity index (χ1) is 11.4. The summed E-state index contributed by atoms with van der Waals surface area (Å²) in [6.45, 7) is 7.23. The lowest BCUT2D eigenvalue weighted by atomic mass is 9.93. The summed E-state index contributed by atoms with van der Waals surface area (Å²) in [6, 6.07) is 1.89. The van der Waals surface area contributed by atoms with Crippen molar-refractivity contribution in [1.29, 1.82) is 0 Å². The molecule has 0 bridgehead atoms. The van der Waals surface area contributed by atoms with Crippen molar-refractivity contribution in [3.63, 3.8) is 0 Å². The van der Waals surface area contributed by atoms with Gasteiger partial charge in [-0.1, -0.05) is 13.0 Å².